The van der Waals surface area contributed by atoms with E-state index in [0.717, 1.165) is 45.6 Å². The minimum Gasteiger partial charge on any atom is -0.481 e. The van der Waals surface area contributed by atoms with Crippen LogP contribution in [0.2, 0.25) is 10.0 Å². The van der Waals surface area contributed by atoms with E-state index in [2.05, 4.69) is 25.8 Å². The second-order valence-corrected chi connectivity index (χ2v) is 12.8. The first-order valence-electron chi connectivity index (χ1n) is 12.5. The van der Waals surface area contributed by atoms with E-state index in [9.17, 15) is 37.1 Å². The molecule has 236 valence electrons. The normalized spacial score (nSPS) is 12.0. The van der Waals surface area contributed by atoms with Crippen LogP contribution in [0, 0.1) is 5.82 Å². The number of hydrogen-bond acceptors (Lipinski definition) is 11. The lowest BCUT2D eigenvalue weighted by Crippen LogP contribution is -2.46. The van der Waals surface area contributed by atoms with Crippen LogP contribution in [0.3, 0.4) is 0 Å². The van der Waals surface area contributed by atoms with Crippen molar-refractivity contribution in [1.29, 1.82) is 0 Å². The van der Waals surface area contributed by atoms with E-state index in [1.54, 1.807) is 18.2 Å². The van der Waals surface area contributed by atoms with Crippen molar-refractivity contribution in [3.63, 3.8) is 0 Å². The summed E-state index contributed by atoms with van der Waals surface area (Å²) in [5.74, 6) is -3.94. The quantitative estimate of drug-likeness (QED) is 0.183. The molecule has 20 heteroatoms. The molecular weight excluding hydrogens is 678 g/mol. The van der Waals surface area contributed by atoms with E-state index in [4.69, 9.17) is 23.2 Å². The van der Waals surface area contributed by atoms with E-state index < -0.39 is 70.3 Å². The highest BCUT2D eigenvalue weighted by molar-refractivity contribution is 7.99. The number of aliphatic carboxylic acids is 1. The summed E-state index contributed by atoms with van der Waals surface area (Å²) in [4.78, 5) is 55.7. The van der Waals surface area contributed by atoms with Crippen LogP contribution in [-0.4, -0.2) is 73.2 Å². The Kier molecular flexibility index (Phi) is 10.5. The van der Waals surface area contributed by atoms with Crippen molar-refractivity contribution < 1.29 is 32.3 Å². The molecule has 4 aromatic rings. The Hall–Kier alpha value is -4.39. The molecule has 0 spiro atoms. The summed E-state index contributed by atoms with van der Waals surface area (Å²) in [6, 6.07) is 7.93. The maximum absolute atomic E-state index is 13.5. The number of carbonyl (C=O) groups is 3. The molecule has 2 aromatic carbocycles. The number of sulfonamides is 1. The summed E-state index contributed by atoms with van der Waals surface area (Å²) in [6.07, 6.45) is 0.904. The van der Waals surface area contributed by atoms with Crippen molar-refractivity contribution >= 4 is 68.3 Å². The molecule has 2 aromatic heterocycles. The fourth-order valence-electron chi connectivity index (χ4n) is 3.84. The predicted octanol–water partition coefficient (Wildman–Crippen LogP) is 2.09. The molecule has 0 fully saturated rings. The Morgan fingerprint density at radius 1 is 1.09 bits per heavy atom. The number of carboxylic acids is 1. The number of nitrogens with one attached hydrogen (secondary N) is 2. The number of carboxylic acid groups (broad SMARTS) is 1. The molecule has 0 aliphatic heterocycles. The number of aromatic nitrogens is 6. The van der Waals surface area contributed by atoms with Crippen LogP contribution >= 0.6 is 35.0 Å². The standard InChI is InChI=1S/C25H21Cl2FN8O7S2/c1-45(42,43)32-18-10-29-23(13-5-7-14(28)8-6-13)35(24(18)41)12-20(38)30-17(9-21(39)40)19(37)11-36-25(31-33-34-36)44-22-15(26)3-2-4-16(22)27/h2-8,10,17,32H,9,11-12H2,1H3,(H,30,38)(H,39,40). The minimum absolute atomic E-state index is 0.0931. The van der Waals surface area contributed by atoms with Gasteiger partial charge in [0.15, 0.2) is 5.78 Å². The Labute approximate surface area is 267 Å². The molecule has 3 N–H and O–H groups in total. The van der Waals surface area contributed by atoms with Crippen LogP contribution < -0.4 is 15.6 Å². The number of ketones is 1. The largest absolute Gasteiger partial charge is 0.481 e. The highest BCUT2D eigenvalue weighted by atomic mass is 35.5. The molecule has 4 rings (SSSR count). The molecule has 45 heavy (non-hydrogen) atoms. The van der Waals surface area contributed by atoms with Gasteiger partial charge in [-0.15, -0.1) is 5.10 Å². The van der Waals surface area contributed by atoms with Gasteiger partial charge in [-0.3, -0.25) is 28.5 Å². The predicted molar refractivity (Wildman–Crippen MR) is 160 cm³/mol. The Morgan fingerprint density at radius 3 is 2.38 bits per heavy atom. The average Bonchev–Trinajstić information content (AvgIpc) is 3.38. The number of Topliss-reactive ketones (excluding diaryl/α,β-unsaturated/α-hetero) is 1. The van der Waals surface area contributed by atoms with Crippen LogP contribution in [0.5, 0.6) is 0 Å². The lowest BCUT2D eigenvalue weighted by atomic mass is 10.1. The third-order valence-electron chi connectivity index (χ3n) is 5.77. The van der Waals surface area contributed by atoms with Gasteiger partial charge in [0.25, 0.3) is 5.56 Å². The molecule has 0 aliphatic carbocycles. The number of halogens is 3. The number of amides is 1. The van der Waals surface area contributed by atoms with Crippen molar-refractivity contribution in [3.8, 4) is 11.4 Å². The molecule has 2 heterocycles. The Morgan fingerprint density at radius 2 is 1.76 bits per heavy atom. The van der Waals surface area contributed by atoms with E-state index in [1.807, 2.05) is 4.72 Å². The van der Waals surface area contributed by atoms with Crippen LogP contribution in [0.15, 0.2) is 63.5 Å². The number of carbonyl (C=O) groups excluding carboxylic acids is 2. The van der Waals surface area contributed by atoms with E-state index in [0.29, 0.717) is 14.9 Å². The third-order valence-corrected chi connectivity index (χ3v) is 8.33. The molecule has 1 unspecified atom stereocenters. The topological polar surface area (TPSA) is 208 Å². The molecule has 0 saturated heterocycles. The third kappa shape index (κ3) is 8.84. The number of nitrogens with zero attached hydrogens (tertiary/aromatic N) is 6. The Balaban J connectivity index is 1.59. The molecule has 15 nitrogen and oxygen atoms in total. The average molecular weight is 700 g/mol. The zero-order valence-electron chi connectivity index (χ0n) is 22.8. The van der Waals surface area contributed by atoms with Gasteiger partial charge >= 0.3 is 5.97 Å². The van der Waals surface area contributed by atoms with Crippen LogP contribution in [0.1, 0.15) is 6.42 Å². The Bertz CT molecular complexity index is 1920. The first-order chi connectivity index (χ1) is 21.2. The maximum Gasteiger partial charge on any atom is 0.305 e. The van der Waals surface area contributed by atoms with Crippen LogP contribution in [-0.2, 0) is 37.5 Å². The van der Waals surface area contributed by atoms with Crippen LogP contribution in [0.4, 0.5) is 10.1 Å². The molecular formula is C25H21Cl2FN8O7S2. The number of anilines is 1. The van der Waals surface area contributed by atoms with E-state index >= 15 is 0 Å². The van der Waals surface area contributed by atoms with Gasteiger partial charge in [-0.25, -0.2) is 22.5 Å². The summed E-state index contributed by atoms with van der Waals surface area (Å²) >= 11 is 13.4. The molecule has 1 atom stereocenters. The molecule has 0 aliphatic rings. The lowest BCUT2D eigenvalue weighted by molar-refractivity contribution is -0.140. The van der Waals surface area contributed by atoms with Gasteiger partial charge in [0.2, 0.25) is 21.1 Å². The first kappa shape index (κ1) is 33.5. The van der Waals surface area contributed by atoms with Gasteiger partial charge in [-0.2, -0.15) is 0 Å². The summed E-state index contributed by atoms with van der Waals surface area (Å²) in [7, 11) is -3.92. The monoisotopic (exact) mass is 698 g/mol. The SMILES string of the molecule is CS(=O)(=O)Nc1cnc(-c2ccc(F)cc2)n(CC(=O)NC(CC(=O)O)C(=O)Cn2nnnc2Sc2c(Cl)cccc2Cl)c1=O. The molecule has 0 bridgehead atoms. The van der Waals surface area contributed by atoms with Crippen molar-refractivity contribution in [2.75, 3.05) is 11.0 Å². The number of hydrogen-bond donors (Lipinski definition) is 3. The second-order valence-electron chi connectivity index (χ2n) is 9.22. The highest BCUT2D eigenvalue weighted by Gasteiger charge is 2.27. The fourth-order valence-corrected chi connectivity index (χ4v) is 5.81. The van der Waals surface area contributed by atoms with Crippen molar-refractivity contribution in [3.05, 3.63) is 74.9 Å². The van der Waals surface area contributed by atoms with Gasteiger partial charge in [0, 0.05) is 5.56 Å². The maximum atomic E-state index is 13.5. The van der Waals surface area contributed by atoms with Gasteiger partial charge in [-0.05, 0) is 58.6 Å². The van der Waals surface area contributed by atoms with Crippen LogP contribution in [0.25, 0.3) is 11.4 Å². The lowest BCUT2D eigenvalue weighted by Gasteiger charge is -2.18. The smallest absolute Gasteiger partial charge is 0.305 e. The van der Waals surface area contributed by atoms with Gasteiger partial charge in [-0.1, -0.05) is 29.3 Å². The number of benzene rings is 2. The van der Waals surface area contributed by atoms with E-state index in [-0.39, 0.29) is 16.5 Å². The zero-order valence-corrected chi connectivity index (χ0v) is 26.0. The number of rotatable bonds is 13. The molecule has 0 radical (unpaired) electrons. The number of tetrazole rings is 1. The first-order valence-corrected chi connectivity index (χ1v) is 15.9. The summed E-state index contributed by atoms with van der Waals surface area (Å²) < 4.78 is 40.9. The summed E-state index contributed by atoms with van der Waals surface area (Å²) in [6.45, 7) is -1.38. The van der Waals surface area contributed by atoms with Crippen molar-refractivity contribution in [2.45, 2.75) is 35.6 Å². The van der Waals surface area contributed by atoms with Gasteiger partial charge < -0.3 is 10.4 Å². The molecule has 1 amide bonds. The summed E-state index contributed by atoms with van der Waals surface area (Å²) in [5.41, 5.74) is -1.27. The second kappa shape index (κ2) is 14.1. The highest BCUT2D eigenvalue weighted by Crippen LogP contribution is 2.37. The molecule has 0 saturated carbocycles. The fraction of sp³-hybridized carbons (Fsp3) is 0.200. The van der Waals surface area contributed by atoms with E-state index in [1.165, 1.54) is 12.1 Å². The van der Waals surface area contributed by atoms with Crippen molar-refractivity contribution in [2.24, 2.45) is 0 Å². The minimum atomic E-state index is -3.92. The van der Waals surface area contributed by atoms with Crippen molar-refractivity contribution in [1.82, 2.24) is 35.1 Å². The van der Waals surface area contributed by atoms with Gasteiger partial charge in [0.1, 0.15) is 30.4 Å². The summed E-state index contributed by atoms with van der Waals surface area (Å²) in [5, 5.41) is 23.5. The zero-order chi connectivity index (χ0) is 32.9. The van der Waals surface area contributed by atoms with Gasteiger partial charge in [0.05, 0.1) is 39.9 Å².